The summed E-state index contributed by atoms with van der Waals surface area (Å²) >= 11 is 0. The van der Waals surface area contributed by atoms with Crippen molar-refractivity contribution in [2.24, 2.45) is 11.8 Å². The van der Waals surface area contributed by atoms with Gasteiger partial charge in [-0.05, 0) is 56.2 Å². The van der Waals surface area contributed by atoms with Crippen LogP contribution < -0.4 is 4.74 Å². The number of carbonyl (C=O) groups is 2. The van der Waals surface area contributed by atoms with Gasteiger partial charge in [0, 0.05) is 11.6 Å². The van der Waals surface area contributed by atoms with E-state index < -0.39 is 24.0 Å². The first-order chi connectivity index (χ1) is 13.7. The van der Waals surface area contributed by atoms with Gasteiger partial charge < -0.3 is 14.2 Å². The first kappa shape index (κ1) is 22.6. The molecule has 0 bridgehead atoms. The zero-order valence-corrected chi connectivity index (χ0v) is 16.5. The smallest absolute Gasteiger partial charge is 0.400 e. The van der Waals surface area contributed by atoms with Crippen molar-refractivity contribution in [2.45, 2.75) is 45.3 Å². The standard InChI is InChI=1S/C22H26F2O5/c1-4-20(25)27-13-16-5-9-18(10-6-16)22(23,24)29-19-11-7-17(8-12-19)14-28-21(26)15(2)3/h4,7-8,11-12,16,18H,1-2,5-6,9-10,13-14H2,3H3. The fourth-order valence-electron chi connectivity index (χ4n) is 3.09. The number of esters is 2. The van der Waals surface area contributed by atoms with Gasteiger partial charge >= 0.3 is 18.0 Å². The number of hydrogen-bond donors (Lipinski definition) is 0. The minimum atomic E-state index is -3.29. The topological polar surface area (TPSA) is 61.8 Å². The van der Waals surface area contributed by atoms with Crippen molar-refractivity contribution in [1.82, 2.24) is 0 Å². The van der Waals surface area contributed by atoms with Crippen molar-refractivity contribution >= 4 is 11.9 Å². The normalized spacial score (nSPS) is 19.1. The van der Waals surface area contributed by atoms with Crippen molar-refractivity contribution < 1.29 is 32.6 Å². The lowest BCUT2D eigenvalue weighted by molar-refractivity contribution is -0.224. The lowest BCUT2D eigenvalue weighted by atomic mass is 9.81. The van der Waals surface area contributed by atoms with E-state index in [4.69, 9.17) is 14.2 Å². The highest BCUT2D eigenvalue weighted by atomic mass is 19.3. The summed E-state index contributed by atoms with van der Waals surface area (Å²) in [5.74, 6) is -1.78. The number of halogens is 2. The third-order valence-corrected chi connectivity index (χ3v) is 4.85. The van der Waals surface area contributed by atoms with E-state index in [1.165, 1.54) is 12.1 Å². The average molecular weight is 408 g/mol. The molecule has 1 saturated carbocycles. The van der Waals surface area contributed by atoms with Gasteiger partial charge in [0.1, 0.15) is 12.4 Å². The molecule has 2 rings (SSSR count). The van der Waals surface area contributed by atoms with E-state index in [-0.39, 0.29) is 43.3 Å². The van der Waals surface area contributed by atoms with Crippen LogP contribution in [0.1, 0.15) is 38.2 Å². The molecule has 0 spiro atoms. The number of benzene rings is 1. The maximum absolute atomic E-state index is 14.5. The van der Waals surface area contributed by atoms with Gasteiger partial charge in [-0.15, -0.1) is 0 Å². The second-order valence-corrected chi connectivity index (χ2v) is 7.22. The summed E-state index contributed by atoms with van der Waals surface area (Å²) in [5.41, 5.74) is 0.947. The van der Waals surface area contributed by atoms with Crippen LogP contribution in [0.3, 0.4) is 0 Å². The van der Waals surface area contributed by atoms with E-state index in [0.29, 0.717) is 18.4 Å². The van der Waals surface area contributed by atoms with Gasteiger partial charge in [-0.3, -0.25) is 0 Å². The molecule has 0 unspecified atom stereocenters. The zero-order valence-electron chi connectivity index (χ0n) is 16.5. The summed E-state index contributed by atoms with van der Waals surface area (Å²) in [6.07, 6.45) is -0.543. The van der Waals surface area contributed by atoms with Crippen LogP contribution in [0.2, 0.25) is 0 Å². The van der Waals surface area contributed by atoms with Crippen molar-refractivity contribution in [3.05, 3.63) is 54.6 Å². The second kappa shape index (κ2) is 10.2. The summed E-state index contributed by atoms with van der Waals surface area (Å²) in [5, 5.41) is 0. The van der Waals surface area contributed by atoms with Crippen LogP contribution >= 0.6 is 0 Å². The molecule has 0 aliphatic heterocycles. The predicted octanol–water partition coefficient (Wildman–Crippen LogP) is 4.81. The molecule has 0 radical (unpaired) electrons. The van der Waals surface area contributed by atoms with Crippen LogP contribution in [-0.4, -0.2) is 24.7 Å². The molecular formula is C22H26F2O5. The van der Waals surface area contributed by atoms with E-state index in [2.05, 4.69) is 13.2 Å². The molecule has 0 heterocycles. The molecule has 0 aromatic heterocycles. The lowest BCUT2D eigenvalue weighted by Gasteiger charge is -2.33. The van der Waals surface area contributed by atoms with Crippen molar-refractivity contribution in [3.8, 4) is 5.75 Å². The third kappa shape index (κ3) is 7.00. The van der Waals surface area contributed by atoms with E-state index in [0.717, 1.165) is 6.08 Å². The highest BCUT2D eigenvalue weighted by Gasteiger charge is 2.44. The van der Waals surface area contributed by atoms with E-state index in [1.54, 1.807) is 19.1 Å². The minimum absolute atomic E-state index is 0.0306. The summed E-state index contributed by atoms with van der Waals surface area (Å²) in [7, 11) is 0. The molecular weight excluding hydrogens is 382 g/mol. The molecule has 0 atom stereocenters. The Hall–Kier alpha value is -2.70. The van der Waals surface area contributed by atoms with Gasteiger partial charge in [0.15, 0.2) is 0 Å². The van der Waals surface area contributed by atoms with Crippen molar-refractivity contribution in [3.63, 3.8) is 0 Å². The molecule has 1 aromatic carbocycles. The Balaban J connectivity index is 1.83. The fourth-order valence-corrected chi connectivity index (χ4v) is 3.09. The molecule has 1 aliphatic carbocycles. The van der Waals surface area contributed by atoms with Gasteiger partial charge in [0.25, 0.3) is 0 Å². The third-order valence-electron chi connectivity index (χ3n) is 4.85. The van der Waals surface area contributed by atoms with Gasteiger partial charge in [0.2, 0.25) is 0 Å². The maximum Gasteiger partial charge on any atom is 0.400 e. The van der Waals surface area contributed by atoms with Gasteiger partial charge in [-0.25, -0.2) is 9.59 Å². The van der Waals surface area contributed by atoms with Gasteiger partial charge in [0.05, 0.1) is 12.5 Å². The first-order valence-electron chi connectivity index (χ1n) is 9.49. The molecule has 7 heteroatoms. The van der Waals surface area contributed by atoms with Crippen LogP contribution in [0.25, 0.3) is 0 Å². The average Bonchev–Trinajstić information content (AvgIpc) is 2.71. The molecule has 0 N–H and O–H groups in total. The fraction of sp³-hybridized carbons (Fsp3) is 0.455. The minimum Gasteiger partial charge on any atom is -0.462 e. The van der Waals surface area contributed by atoms with Crippen LogP contribution in [0, 0.1) is 11.8 Å². The highest BCUT2D eigenvalue weighted by molar-refractivity contribution is 5.86. The number of alkyl halides is 2. The van der Waals surface area contributed by atoms with E-state index >= 15 is 0 Å². The Morgan fingerprint density at radius 2 is 1.76 bits per heavy atom. The number of hydrogen-bond acceptors (Lipinski definition) is 5. The molecule has 29 heavy (non-hydrogen) atoms. The Bertz CT molecular complexity index is 734. The summed E-state index contributed by atoms with van der Waals surface area (Å²) in [6.45, 7) is 8.61. The number of carbonyl (C=O) groups excluding carboxylic acids is 2. The molecule has 0 amide bonds. The largest absolute Gasteiger partial charge is 0.462 e. The zero-order chi connectivity index (χ0) is 21.4. The molecule has 1 aliphatic rings. The maximum atomic E-state index is 14.5. The van der Waals surface area contributed by atoms with E-state index in [9.17, 15) is 18.4 Å². The number of rotatable bonds is 9. The van der Waals surface area contributed by atoms with Crippen LogP contribution in [0.4, 0.5) is 8.78 Å². The quantitative estimate of drug-likeness (QED) is 0.433. The Kier molecular flexibility index (Phi) is 7.93. The van der Waals surface area contributed by atoms with Crippen molar-refractivity contribution in [1.29, 1.82) is 0 Å². The van der Waals surface area contributed by atoms with Crippen molar-refractivity contribution in [2.75, 3.05) is 6.61 Å². The van der Waals surface area contributed by atoms with Gasteiger partial charge in [-0.1, -0.05) is 25.3 Å². The Morgan fingerprint density at radius 1 is 1.14 bits per heavy atom. The molecule has 5 nitrogen and oxygen atoms in total. The van der Waals surface area contributed by atoms with E-state index in [1.807, 2.05) is 0 Å². The Labute approximate surface area is 169 Å². The first-order valence-corrected chi connectivity index (χ1v) is 9.49. The Morgan fingerprint density at radius 3 is 2.31 bits per heavy atom. The van der Waals surface area contributed by atoms with Crippen LogP contribution in [0.5, 0.6) is 5.75 Å². The molecule has 1 fully saturated rings. The van der Waals surface area contributed by atoms with Crippen LogP contribution in [-0.2, 0) is 25.7 Å². The lowest BCUT2D eigenvalue weighted by Crippen LogP contribution is -2.37. The molecule has 1 aromatic rings. The summed E-state index contributed by atoms with van der Waals surface area (Å²) in [4.78, 5) is 22.5. The van der Waals surface area contributed by atoms with Gasteiger partial charge in [-0.2, -0.15) is 8.78 Å². The summed E-state index contributed by atoms with van der Waals surface area (Å²) in [6, 6.07) is 6.00. The monoisotopic (exact) mass is 408 g/mol. The SMILES string of the molecule is C=CC(=O)OCC1CCC(C(F)(F)Oc2ccc(COC(=O)C(=C)C)cc2)CC1. The molecule has 0 saturated heterocycles. The summed E-state index contributed by atoms with van der Waals surface area (Å²) < 4.78 is 44.0. The predicted molar refractivity (Wildman–Crippen MR) is 103 cm³/mol. The van der Waals surface area contributed by atoms with Crippen LogP contribution in [0.15, 0.2) is 49.1 Å². The number of ether oxygens (including phenoxy) is 3. The molecule has 158 valence electrons. The second-order valence-electron chi connectivity index (χ2n) is 7.22. The highest BCUT2D eigenvalue weighted by Crippen LogP contribution is 2.40.